The summed E-state index contributed by atoms with van der Waals surface area (Å²) in [6.07, 6.45) is 6.36. The smallest absolute Gasteiger partial charge is 0.265 e. The summed E-state index contributed by atoms with van der Waals surface area (Å²) in [5.74, 6) is 1.88. The van der Waals surface area contributed by atoms with Crippen LogP contribution in [0.1, 0.15) is 18.4 Å². The van der Waals surface area contributed by atoms with Crippen molar-refractivity contribution < 1.29 is 19.1 Å². The van der Waals surface area contributed by atoms with E-state index >= 15 is 0 Å². The lowest BCUT2D eigenvalue weighted by Gasteiger charge is -2.26. The van der Waals surface area contributed by atoms with E-state index < -0.39 is 0 Å². The molecule has 1 aliphatic heterocycles. The maximum atomic E-state index is 12.5. The molecule has 0 radical (unpaired) electrons. The number of nitrogens with zero attached hydrogens (tertiary/aromatic N) is 2. The van der Waals surface area contributed by atoms with Crippen LogP contribution < -0.4 is 9.47 Å². The predicted octanol–water partition coefficient (Wildman–Crippen LogP) is 2.45. The quantitative estimate of drug-likeness (QED) is 0.696. The summed E-state index contributed by atoms with van der Waals surface area (Å²) in [7, 11) is 3.16. The summed E-state index contributed by atoms with van der Waals surface area (Å²) in [4.78, 5) is 24.8. The predicted molar refractivity (Wildman–Crippen MR) is 99.6 cm³/mol. The van der Waals surface area contributed by atoms with Gasteiger partial charge in [0.15, 0.2) is 0 Å². The summed E-state index contributed by atoms with van der Waals surface area (Å²) in [6.45, 7) is 1.15. The van der Waals surface area contributed by atoms with Crippen LogP contribution in [0.2, 0.25) is 0 Å². The highest BCUT2D eigenvalue weighted by Crippen LogP contribution is 2.25. The van der Waals surface area contributed by atoms with E-state index in [0.717, 1.165) is 17.7 Å². The Bertz CT molecular complexity index is 648. The Morgan fingerprint density at radius 3 is 2.64 bits per heavy atom. The fourth-order valence-corrected chi connectivity index (χ4v) is 3.01. The molecular formula is C18H24N2O4S. The van der Waals surface area contributed by atoms with Gasteiger partial charge in [-0.1, -0.05) is 0 Å². The second-order valence-electron chi connectivity index (χ2n) is 5.52. The molecule has 0 atom stereocenters. The number of rotatable bonds is 7. The Hall–Kier alpha value is -2.15. The maximum Gasteiger partial charge on any atom is 0.265 e. The first kappa shape index (κ1) is 19.2. The fraction of sp³-hybridized carbons (Fsp3) is 0.444. The Labute approximate surface area is 152 Å². The lowest BCUT2D eigenvalue weighted by molar-refractivity contribution is -0.154. The zero-order valence-corrected chi connectivity index (χ0v) is 15.7. The minimum Gasteiger partial charge on any atom is -0.497 e. The summed E-state index contributed by atoms with van der Waals surface area (Å²) < 4.78 is 10.5. The van der Waals surface area contributed by atoms with Gasteiger partial charge in [-0.15, -0.1) is 0 Å². The van der Waals surface area contributed by atoms with Gasteiger partial charge in [-0.2, -0.15) is 11.8 Å². The van der Waals surface area contributed by atoms with E-state index in [1.807, 2.05) is 6.26 Å². The minimum atomic E-state index is -0.208. The van der Waals surface area contributed by atoms with Crippen LogP contribution in [0.15, 0.2) is 24.3 Å². The summed E-state index contributed by atoms with van der Waals surface area (Å²) >= 11 is 1.62. The molecule has 1 fully saturated rings. The van der Waals surface area contributed by atoms with Crippen LogP contribution in [0, 0.1) is 0 Å². The highest BCUT2D eigenvalue weighted by atomic mass is 32.2. The van der Waals surface area contributed by atoms with Gasteiger partial charge < -0.3 is 9.47 Å². The molecule has 1 aromatic rings. The van der Waals surface area contributed by atoms with E-state index in [1.54, 1.807) is 55.3 Å². The SMILES string of the molecule is COc1ccc(OC)c(/C=C/C(=O)N2CCCN2C(=O)CCSC)c1. The Morgan fingerprint density at radius 2 is 1.96 bits per heavy atom. The summed E-state index contributed by atoms with van der Waals surface area (Å²) in [5.41, 5.74) is 0.745. The lowest BCUT2D eigenvalue weighted by atomic mass is 10.1. The van der Waals surface area contributed by atoms with E-state index in [-0.39, 0.29) is 11.8 Å². The number of hydrogen-bond donors (Lipinski definition) is 0. The summed E-state index contributed by atoms with van der Waals surface area (Å²) in [6, 6.07) is 5.38. The number of ether oxygens (including phenoxy) is 2. The normalized spacial score (nSPS) is 14.2. The van der Waals surface area contributed by atoms with Gasteiger partial charge in [0.2, 0.25) is 5.91 Å². The molecule has 0 aromatic heterocycles. The topological polar surface area (TPSA) is 59.1 Å². The van der Waals surface area contributed by atoms with E-state index in [4.69, 9.17) is 9.47 Å². The number of carbonyl (C=O) groups is 2. The van der Waals surface area contributed by atoms with Crippen molar-refractivity contribution in [3.05, 3.63) is 29.8 Å². The van der Waals surface area contributed by atoms with Crippen molar-refractivity contribution in [1.29, 1.82) is 0 Å². The van der Waals surface area contributed by atoms with Crippen molar-refractivity contribution in [1.82, 2.24) is 10.0 Å². The molecule has 0 aliphatic carbocycles. The van der Waals surface area contributed by atoms with Gasteiger partial charge in [0.25, 0.3) is 5.91 Å². The zero-order chi connectivity index (χ0) is 18.2. The van der Waals surface area contributed by atoms with Crippen LogP contribution in [0.5, 0.6) is 11.5 Å². The molecule has 1 aromatic carbocycles. The van der Waals surface area contributed by atoms with Gasteiger partial charge in [0.1, 0.15) is 11.5 Å². The van der Waals surface area contributed by atoms with Crippen LogP contribution in [-0.2, 0) is 9.59 Å². The fourth-order valence-electron chi connectivity index (χ4n) is 2.64. The molecule has 0 bridgehead atoms. The third-order valence-electron chi connectivity index (χ3n) is 3.94. The van der Waals surface area contributed by atoms with E-state index in [9.17, 15) is 9.59 Å². The van der Waals surface area contributed by atoms with Crippen LogP contribution in [0.3, 0.4) is 0 Å². The number of hydrogen-bond acceptors (Lipinski definition) is 5. The van der Waals surface area contributed by atoms with Crippen molar-refractivity contribution in [3.63, 3.8) is 0 Å². The molecular weight excluding hydrogens is 340 g/mol. The minimum absolute atomic E-state index is 0.00689. The second kappa shape index (κ2) is 9.36. The molecule has 2 amide bonds. The first-order chi connectivity index (χ1) is 12.1. The number of hydrazine groups is 1. The molecule has 1 saturated heterocycles. The van der Waals surface area contributed by atoms with Gasteiger partial charge in [0.05, 0.1) is 14.2 Å². The maximum absolute atomic E-state index is 12.5. The Morgan fingerprint density at radius 1 is 1.20 bits per heavy atom. The molecule has 0 saturated carbocycles. The Balaban J connectivity index is 2.10. The first-order valence-electron chi connectivity index (χ1n) is 8.11. The number of methoxy groups -OCH3 is 2. The van der Waals surface area contributed by atoms with Crippen molar-refractivity contribution >= 4 is 29.7 Å². The molecule has 1 aliphatic rings. The molecule has 2 rings (SSSR count). The van der Waals surface area contributed by atoms with Gasteiger partial charge in [-0.25, -0.2) is 5.01 Å². The number of amides is 2. The molecule has 6 nitrogen and oxygen atoms in total. The zero-order valence-electron chi connectivity index (χ0n) is 14.9. The van der Waals surface area contributed by atoms with Gasteiger partial charge in [-0.3, -0.25) is 14.6 Å². The molecule has 136 valence electrons. The van der Waals surface area contributed by atoms with Gasteiger partial charge >= 0.3 is 0 Å². The van der Waals surface area contributed by atoms with Gasteiger partial charge in [0, 0.05) is 36.9 Å². The molecule has 0 N–H and O–H groups in total. The molecule has 1 heterocycles. The second-order valence-corrected chi connectivity index (χ2v) is 6.50. The monoisotopic (exact) mass is 364 g/mol. The molecule has 25 heavy (non-hydrogen) atoms. The van der Waals surface area contributed by atoms with E-state index in [2.05, 4.69) is 0 Å². The lowest BCUT2D eigenvalue weighted by Crippen LogP contribution is -2.44. The number of thioether (sulfide) groups is 1. The number of carbonyl (C=O) groups excluding carboxylic acids is 2. The van der Waals surface area contributed by atoms with Crippen molar-refractivity contribution in [2.75, 3.05) is 39.3 Å². The largest absolute Gasteiger partial charge is 0.497 e. The highest BCUT2D eigenvalue weighted by molar-refractivity contribution is 7.98. The third-order valence-corrected chi connectivity index (χ3v) is 4.55. The van der Waals surface area contributed by atoms with E-state index in [1.165, 1.54) is 11.1 Å². The van der Waals surface area contributed by atoms with Crippen LogP contribution in [0.25, 0.3) is 6.08 Å². The molecule has 0 unspecified atom stereocenters. The van der Waals surface area contributed by atoms with Gasteiger partial charge in [-0.05, 0) is 37.0 Å². The van der Waals surface area contributed by atoms with Crippen molar-refractivity contribution in [2.45, 2.75) is 12.8 Å². The average Bonchev–Trinajstić information content (AvgIpc) is 3.13. The van der Waals surface area contributed by atoms with Crippen LogP contribution in [0.4, 0.5) is 0 Å². The third kappa shape index (κ3) is 4.92. The van der Waals surface area contributed by atoms with Crippen LogP contribution in [-0.4, -0.2) is 61.1 Å². The van der Waals surface area contributed by atoms with Crippen molar-refractivity contribution in [2.24, 2.45) is 0 Å². The van der Waals surface area contributed by atoms with Crippen LogP contribution >= 0.6 is 11.8 Å². The van der Waals surface area contributed by atoms with Crippen molar-refractivity contribution in [3.8, 4) is 11.5 Å². The summed E-state index contributed by atoms with van der Waals surface area (Å²) in [5, 5.41) is 3.08. The first-order valence-corrected chi connectivity index (χ1v) is 9.51. The molecule has 7 heteroatoms. The Kier molecular flexibility index (Phi) is 7.18. The average molecular weight is 364 g/mol. The standard InChI is InChI=1S/C18H24N2O4S/c1-23-15-6-7-16(24-2)14(13-15)5-8-17(21)19-10-4-11-20(19)18(22)9-12-25-3/h5-8,13H,4,9-12H2,1-3H3/b8-5+. The molecule has 0 spiro atoms. The number of benzene rings is 1. The highest BCUT2D eigenvalue weighted by Gasteiger charge is 2.28. The van der Waals surface area contributed by atoms with E-state index in [0.29, 0.717) is 31.0 Å².